The minimum absolute atomic E-state index is 0.179. The Kier molecular flexibility index (Phi) is 4.28. The molecule has 0 unspecified atom stereocenters. The summed E-state index contributed by atoms with van der Waals surface area (Å²) in [6.07, 6.45) is 1.09. The van der Waals surface area contributed by atoms with Crippen LogP contribution in [0.2, 0.25) is 5.02 Å². The molecule has 0 bridgehead atoms. The predicted molar refractivity (Wildman–Crippen MR) is 105 cm³/mol. The van der Waals surface area contributed by atoms with Crippen LogP contribution in [0.15, 0.2) is 30.6 Å². The Morgan fingerprint density at radius 3 is 2.86 bits per heavy atom. The van der Waals surface area contributed by atoms with Crippen LogP contribution in [-0.2, 0) is 9.53 Å². The van der Waals surface area contributed by atoms with E-state index in [0.717, 1.165) is 0 Å². The van der Waals surface area contributed by atoms with Gasteiger partial charge in [-0.2, -0.15) is 5.10 Å². The van der Waals surface area contributed by atoms with Crippen LogP contribution in [0.3, 0.4) is 0 Å². The number of halogens is 2. The zero-order valence-electron chi connectivity index (χ0n) is 15.6. The van der Waals surface area contributed by atoms with Gasteiger partial charge in [-0.15, -0.1) is 0 Å². The van der Waals surface area contributed by atoms with Crippen LogP contribution in [-0.4, -0.2) is 38.8 Å². The van der Waals surface area contributed by atoms with Gasteiger partial charge >= 0.3 is 0 Å². The Morgan fingerprint density at radius 2 is 2.11 bits per heavy atom. The minimum Gasteiger partial charge on any atom is -0.382 e. The third kappa shape index (κ3) is 2.89. The summed E-state index contributed by atoms with van der Waals surface area (Å²) in [7, 11) is 0. The smallest absolute Gasteiger partial charge is 0.258 e. The highest BCUT2D eigenvalue weighted by Gasteiger charge is 2.41. The first-order chi connectivity index (χ1) is 13.2. The summed E-state index contributed by atoms with van der Waals surface area (Å²) in [5.41, 5.74) is 6.77. The van der Waals surface area contributed by atoms with Crippen molar-refractivity contribution in [2.45, 2.75) is 32.5 Å². The Labute approximate surface area is 165 Å². The molecule has 1 aliphatic rings. The van der Waals surface area contributed by atoms with E-state index in [9.17, 15) is 9.18 Å². The number of benzene rings is 1. The van der Waals surface area contributed by atoms with Crippen molar-refractivity contribution >= 4 is 34.5 Å². The average Bonchev–Trinajstić information content (AvgIpc) is 2.96. The first-order valence-corrected chi connectivity index (χ1v) is 9.14. The Balaban J connectivity index is 1.85. The number of hydrogen-bond acceptors (Lipinski definition) is 5. The second-order valence-corrected chi connectivity index (χ2v) is 7.71. The molecule has 0 aliphatic carbocycles. The predicted octanol–water partition coefficient (Wildman–Crippen LogP) is 3.30. The number of carbonyl (C=O) groups excluding carboxylic acids is 1. The molecular weight excluding hydrogens is 385 g/mol. The van der Waals surface area contributed by atoms with E-state index in [4.69, 9.17) is 22.1 Å². The summed E-state index contributed by atoms with van der Waals surface area (Å²) < 4.78 is 21.9. The molecule has 1 amide bonds. The van der Waals surface area contributed by atoms with Crippen molar-refractivity contribution in [3.8, 4) is 11.3 Å². The fraction of sp³-hybridized carbons (Fsp3) is 0.316. The zero-order valence-corrected chi connectivity index (χ0v) is 16.4. The van der Waals surface area contributed by atoms with E-state index >= 15 is 0 Å². The lowest BCUT2D eigenvalue weighted by Crippen LogP contribution is -2.56. The quantitative estimate of drug-likeness (QED) is 0.709. The lowest BCUT2D eigenvalue weighted by atomic mass is 10.0. The summed E-state index contributed by atoms with van der Waals surface area (Å²) in [6, 6.07) is 6.22. The molecule has 3 heterocycles. The number of morpholine rings is 1. The lowest BCUT2D eigenvalue weighted by molar-refractivity contribution is -0.153. The number of hydrogen-bond donors (Lipinski definition) is 1. The largest absolute Gasteiger partial charge is 0.382 e. The molecule has 1 atom stereocenters. The maximum Gasteiger partial charge on any atom is 0.258 e. The lowest BCUT2D eigenvalue weighted by Gasteiger charge is -2.40. The Bertz CT molecular complexity index is 1100. The van der Waals surface area contributed by atoms with Crippen LogP contribution < -0.4 is 10.6 Å². The molecule has 1 fully saturated rings. The molecular formula is C19H19ClFN5O2. The SMILES string of the molecule is C[C@H]1CN(c2cc(-c3cc(Cl)c4c(N)ncnn34)ccc2F)C(=O)C(C)(C)O1. The van der Waals surface area contributed by atoms with Gasteiger partial charge in [-0.3, -0.25) is 4.79 Å². The van der Waals surface area contributed by atoms with Gasteiger partial charge in [0.25, 0.3) is 5.91 Å². The molecule has 1 aliphatic heterocycles. The van der Waals surface area contributed by atoms with Gasteiger partial charge in [0.15, 0.2) is 5.82 Å². The van der Waals surface area contributed by atoms with Gasteiger partial charge in [0.1, 0.15) is 23.3 Å². The summed E-state index contributed by atoms with van der Waals surface area (Å²) in [5.74, 6) is -0.554. The van der Waals surface area contributed by atoms with E-state index in [2.05, 4.69) is 10.1 Å². The number of amides is 1. The fourth-order valence-corrected chi connectivity index (χ4v) is 3.85. The number of nitrogens with zero attached hydrogens (tertiary/aromatic N) is 4. The van der Waals surface area contributed by atoms with Gasteiger partial charge in [-0.25, -0.2) is 13.9 Å². The second-order valence-electron chi connectivity index (χ2n) is 7.30. The van der Waals surface area contributed by atoms with Gasteiger partial charge in [0, 0.05) is 5.56 Å². The topological polar surface area (TPSA) is 85.8 Å². The summed E-state index contributed by atoms with van der Waals surface area (Å²) in [4.78, 5) is 18.2. The number of nitrogen functional groups attached to an aromatic ring is 1. The van der Waals surface area contributed by atoms with Gasteiger partial charge in [0.05, 0.1) is 29.1 Å². The van der Waals surface area contributed by atoms with Crippen molar-refractivity contribution in [2.75, 3.05) is 17.2 Å². The van der Waals surface area contributed by atoms with Crippen LogP contribution in [0.25, 0.3) is 16.8 Å². The highest BCUT2D eigenvalue weighted by molar-refractivity contribution is 6.35. The van der Waals surface area contributed by atoms with Crippen LogP contribution in [0.1, 0.15) is 20.8 Å². The highest BCUT2D eigenvalue weighted by atomic mass is 35.5. The Morgan fingerprint density at radius 1 is 1.36 bits per heavy atom. The molecule has 0 radical (unpaired) electrons. The summed E-state index contributed by atoms with van der Waals surface area (Å²) in [6.45, 7) is 5.47. The number of fused-ring (bicyclic) bond motifs is 1. The minimum atomic E-state index is -1.03. The van der Waals surface area contributed by atoms with Crippen LogP contribution in [0.4, 0.5) is 15.9 Å². The van der Waals surface area contributed by atoms with E-state index in [1.165, 1.54) is 17.3 Å². The number of ether oxygens (including phenoxy) is 1. The maximum absolute atomic E-state index is 14.7. The number of carbonyl (C=O) groups is 1. The van der Waals surface area contributed by atoms with E-state index in [0.29, 0.717) is 21.8 Å². The molecule has 9 heteroatoms. The molecule has 28 heavy (non-hydrogen) atoms. The van der Waals surface area contributed by atoms with Crippen molar-refractivity contribution in [1.82, 2.24) is 14.6 Å². The monoisotopic (exact) mass is 403 g/mol. The van der Waals surface area contributed by atoms with Crippen LogP contribution >= 0.6 is 11.6 Å². The molecule has 2 aromatic heterocycles. The van der Waals surface area contributed by atoms with E-state index in [-0.39, 0.29) is 30.1 Å². The first-order valence-electron chi connectivity index (χ1n) is 8.76. The number of aromatic nitrogens is 3. The maximum atomic E-state index is 14.7. The fourth-order valence-electron chi connectivity index (χ4n) is 3.57. The normalized spacial score (nSPS) is 19.4. The van der Waals surface area contributed by atoms with Crippen molar-refractivity contribution in [1.29, 1.82) is 0 Å². The molecule has 2 N–H and O–H groups in total. The number of nitrogens with two attached hydrogens (primary N) is 1. The molecule has 4 rings (SSSR count). The molecule has 0 saturated carbocycles. The van der Waals surface area contributed by atoms with Gasteiger partial charge < -0.3 is 15.4 Å². The van der Waals surface area contributed by atoms with Crippen molar-refractivity contribution in [2.24, 2.45) is 0 Å². The zero-order chi connectivity index (χ0) is 20.2. The summed E-state index contributed by atoms with van der Waals surface area (Å²) >= 11 is 6.30. The van der Waals surface area contributed by atoms with Crippen LogP contribution in [0, 0.1) is 5.82 Å². The second kappa shape index (κ2) is 6.42. The third-order valence-electron chi connectivity index (χ3n) is 4.76. The van der Waals surface area contributed by atoms with Crippen molar-refractivity contribution in [3.63, 3.8) is 0 Å². The molecule has 3 aromatic rings. The summed E-state index contributed by atoms with van der Waals surface area (Å²) in [5, 5.41) is 4.59. The number of rotatable bonds is 2. The highest BCUT2D eigenvalue weighted by Crippen LogP contribution is 2.35. The van der Waals surface area contributed by atoms with Crippen molar-refractivity contribution in [3.05, 3.63) is 41.4 Å². The van der Waals surface area contributed by atoms with Crippen LogP contribution in [0.5, 0.6) is 0 Å². The molecule has 1 saturated heterocycles. The van der Waals surface area contributed by atoms with Gasteiger partial charge in [-0.1, -0.05) is 11.6 Å². The van der Waals surface area contributed by atoms with Crippen molar-refractivity contribution < 1.29 is 13.9 Å². The molecule has 7 nitrogen and oxygen atoms in total. The van der Waals surface area contributed by atoms with E-state index < -0.39 is 11.4 Å². The standard InChI is InChI=1S/C19H19ClFN5O2/c1-10-8-25(18(27)19(2,3)28-10)15-6-11(4-5-13(15)21)14-7-12(20)16-17(22)23-9-24-26(14)16/h4-7,9-10H,8H2,1-3H3,(H2,22,23,24)/t10-/m0/s1. The average molecular weight is 404 g/mol. The van der Waals surface area contributed by atoms with E-state index in [1.54, 1.807) is 36.6 Å². The molecule has 146 valence electrons. The van der Waals surface area contributed by atoms with E-state index in [1.807, 2.05) is 6.92 Å². The molecule has 1 aromatic carbocycles. The van der Waals surface area contributed by atoms with Gasteiger partial charge in [0.2, 0.25) is 0 Å². The Hall–Kier alpha value is -2.71. The van der Waals surface area contributed by atoms with Gasteiger partial charge in [-0.05, 0) is 45.0 Å². The molecule has 0 spiro atoms. The number of anilines is 2. The first kappa shape index (κ1) is 18.6. The third-order valence-corrected chi connectivity index (χ3v) is 5.05.